The molecule has 2 nitrogen and oxygen atoms in total. The van der Waals surface area contributed by atoms with Gasteiger partial charge in [0.2, 0.25) is 0 Å². The van der Waals surface area contributed by atoms with Crippen molar-refractivity contribution < 1.29 is 17.6 Å². The van der Waals surface area contributed by atoms with Crippen LogP contribution in [0, 0.1) is 0 Å². The van der Waals surface area contributed by atoms with Gasteiger partial charge in [-0.25, -0.2) is 0 Å². The number of alkyl halides is 3. The maximum atomic E-state index is 12.9. The summed E-state index contributed by atoms with van der Waals surface area (Å²) in [5, 5.41) is 1.49. The predicted octanol–water partition coefficient (Wildman–Crippen LogP) is 3.45. The minimum absolute atomic E-state index is 0.374. The largest absolute Gasteiger partial charge is 0.405 e. The Labute approximate surface area is 147 Å². The first kappa shape index (κ1) is 19.7. The third-order valence-electron chi connectivity index (χ3n) is 4.32. The molecule has 0 saturated carbocycles. The summed E-state index contributed by atoms with van der Waals surface area (Å²) in [5.41, 5.74) is 5.33. The lowest BCUT2D eigenvalue weighted by Gasteiger charge is -2.43. The molecule has 0 saturated heterocycles. The SMILES string of the molecule is CC(C)(C)[Si](OCC(N)C(F)(F)F)(c1ccccc1)c1ccccc1. The van der Waals surface area contributed by atoms with Gasteiger partial charge in [-0.2, -0.15) is 13.2 Å². The maximum absolute atomic E-state index is 12.9. The molecule has 2 rings (SSSR count). The average Bonchev–Trinajstić information content (AvgIpc) is 2.55. The lowest BCUT2D eigenvalue weighted by Crippen LogP contribution is -2.67. The highest BCUT2D eigenvalue weighted by molar-refractivity contribution is 6.99. The van der Waals surface area contributed by atoms with Gasteiger partial charge in [0.05, 0.1) is 6.61 Å². The van der Waals surface area contributed by atoms with Gasteiger partial charge in [-0.1, -0.05) is 81.4 Å². The van der Waals surface area contributed by atoms with E-state index < -0.39 is 27.1 Å². The van der Waals surface area contributed by atoms with Gasteiger partial charge < -0.3 is 10.2 Å². The summed E-state index contributed by atoms with van der Waals surface area (Å²) in [6.45, 7) is 5.48. The van der Waals surface area contributed by atoms with E-state index in [2.05, 4.69) is 0 Å². The predicted molar refractivity (Wildman–Crippen MR) is 97.6 cm³/mol. The van der Waals surface area contributed by atoms with Crippen molar-refractivity contribution in [3.05, 3.63) is 60.7 Å². The number of benzene rings is 2. The van der Waals surface area contributed by atoms with Gasteiger partial charge in [0, 0.05) is 0 Å². The van der Waals surface area contributed by atoms with Crippen molar-refractivity contribution in [3.8, 4) is 0 Å². The van der Waals surface area contributed by atoms with Gasteiger partial charge in [-0.05, 0) is 15.4 Å². The van der Waals surface area contributed by atoms with Crippen LogP contribution in [0.3, 0.4) is 0 Å². The molecular formula is C19H24F3NOSi. The molecule has 0 heterocycles. The molecule has 25 heavy (non-hydrogen) atoms. The van der Waals surface area contributed by atoms with E-state index in [1.54, 1.807) is 0 Å². The third kappa shape index (κ3) is 4.14. The van der Waals surface area contributed by atoms with E-state index in [0.29, 0.717) is 0 Å². The molecule has 2 aromatic carbocycles. The normalized spacial score (nSPS) is 14.4. The molecule has 0 bridgehead atoms. The highest BCUT2D eigenvalue weighted by atomic mass is 28.4. The fourth-order valence-corrected chi connectivity index (χ4v) is 7.66. The van der Waals surface area contributed by atoms with Gasteiger partial charge in [-0.15, -0.1) is 0 Å². The molecule has 0 aliphatic rings. The van der Waals surface area contributed by atoms with E-state index in [0.717, 1.165) is 10.4 Å². The molecular weight excluding hydrogens is 343 g/mol. The Morgan fingerprint density at radius 3 is 1.60 bits per heavy atom. The second-order valence-electron chi connectivity index (χ2n) is 7.12. The van der Waals surface area contributed by atoms with E-state index in [4.69, 9.17) is 10.2 Å². The third-order valence-corrected chi connectivity index (χ3v) is 9.32. The Morgan fingerprint density at radius 1 is 0.880 bits per heavy atom. The van der Waals surface area contributed by atoms with Crippen LogP contribution in [0.25, 0.3) is 0 Å². The summed E-state index contributed by atoms with van der Waals surface area (Å²) in [5.74, 6) is 0. The first-order chi connectivity index (χ1) is 11.6. The lowest BCUT2D eigenvalue weighted by molar-refractivity contribution is -0.153. The maximum Gasteiger partial charge on any atom is 0.405 e. The summed E-state index contributed by atoms with van der Waals surface area (Å²) < 4.78 is 45.0. The lowest BCUT2D eigenvalue weighted by atomic mass is 10.2. The van der Waals surface area contributed by atoms with Crippen molar-refractivity contribution in [1.29, 1.82) is 0 Å². The fraction of sp³-hybridized carbons (Fsp3) is 0.368. The first-order valence-corrected chi connectivity index (χ1v) is 10.1. The number of rotatable bonds is 5. The van der Waals surface area contributed by atoms with Crippen molar-refractivity contribution in [1.82, 2.24) is 0 Å². The van der Waals surface area contributed by atoms with Gasteiger partial charge in [-0.3, -0.25) is 0 Å². The number of hydrogen-bond donors (Lipinski definition) is 1. The molecule has 0 aliphatic carbocycles. The Balaban J connectivity index is 2.57. The molecule has 0 aliphatic heterocycles. The van der Waals surface area contributed by atoms with Crippen molar-refractivity contribution in [2.75, 3.05) is 6.61 Å². The zero-order chi connectivity index (χ0) is 18.7. The summed E-state index contributed by atoms with van der Waals surface area (Å²) in [7, 11) is -2.97. The minimum Gasteiger partial charge on any atom is -0.405 e. The van der Waals surface area contributed by atoms with Gasteiger partial charge in [0.15, 0.2) is 0 Å². The van der Waals surface area contributed by atoms with Crippen LogP contribution in [0.2, 0.25) is 5.04 Å². The molecule has 136 valence electrons. The molecule has 6 heteroatoms. The summed E-state index contributed by atoms with van der Waals surface area (Å²) in [4.78, 5) is 0. The quantitative estimate of drug-likeness (QED) is 0.822. The molecule has 1 atom stereocenters. The highest BCUT2D eigenvalue weighted by Gasteiger charge is 2.51. The molecule has 0 amide bonds. The Hall–Kier alpha value is -1.63. The highest BCUT2D eigenvalue weighted by Crippen LogP contribution is 2.37. The van der Waals surface area contributed by atoms with Crippen molar-refractivity contribution in [2.24, 2.45) is 5.73 Å². The average molecular weight is 367 g/mol. The summed E-state index contributed by atoms with van der Waals surface area (Å²) in [6.07, 6.45) is -4.48. The number of hydrogen-bond acceptors (Lipinski definition) is 2. The summed E-state index contributed by atoms with van der Waals surface area (Å²) >= 11 is 0. The van der Waals surface area contributed by atoms with E-state index in [1.165, 1.54) is 0 Å². The molecule has 1 unspecified atom stereocenters. The van der Waals surface area contributed by atoms with Crippen LogP contribution in [-0.2, 0) is 4.43 Å². The van der Waals surface area contributed by atoms with E-state index in [1.807, 2.05) is 81.4 Å². The zero-order valence-electron chi connectivity index (χ0n) is 14.7. The van der Waals surface area contributed by atoms with E-state index >= 15 is 0 Å². The Kier molecular flexibility index (Phi) is 5.76. The molecule has 0 spiro atoms. The first-order valence-electron chi connectivity index (χ1n) is 8.16. The Bertz CT molecular complexity index is 629. The van der Waals surface area contributed by atoms with Crippen LogP contribution in [0.5, 0.6) is 0 Å². The molecule has 2 aromatic rings. The van der Waals surface area contributed by atoms with Crippen LogP contribution in [0.4, 0.5) is 13.2 Å². The topological polar surface area (TPSA) is 35.2 Å². The zero-order valence-corrected chi connectivity index (χ0v) is 15.7. The monoisotopic (exact) mass is 367 g/mol. The van der Waals surface area contributed by atoms with E-state index in [-0.39, 0.29) is 5.04 Å². The fourth-order valence-electron chi connectivity index (χ4n) is 3.07. The van der Waals surface area contributed by atoms with E-state index in [9.17, 15) is 13.2 Å². The van der Waals surface area contributed by atoms with Crippen molar-refractivity contribution >= 4 is 18.7 Å². The van der Waals surface area contributed by atoms with Gasteiger partial charge >= 0.3 is 6.18 Å². The standard InChI is InChI=1S/C19H24F3NOSi/c1-18(2,3)25(15-10-6-4-7-11-15,16-12-8-5-9-13-16)24-14-17(23)19(20,21)22/h4-13,17H,14,23H2,1-3H3. The van der Waals surface area contributed by atoms with Crippen LogP contribution >= 0.6 is 0 Å². The summed E-state index contributed by atoms with van der Waals surface area (Å²) in [6, 6.07) is 17.1. The minimum atomic E-state index is -4.48. The Morgan fingerprint density at radius 2 is 1.28 bits per heavy atom. The van der Waals surface area contributed by atoms with Crippen LogP contribution in [-0.4, -0.2) is 27.1 Å². The van der Waals surface area contributed by atoms with Gasteiger partial charge in [0.25, 0.3) is 8.32 Å². The smallest absolute Gasteiger partial charge is 0.405 e. The van der Waals surface area contributed by atoms with Crippen molar-refractivity contribution in [2.45, 2.75) is 38.0 Å². The second-order valence-corrected chi connectivity index (χ2v) is 11.4. The van der Waals surface area contributed by atoms with Crippen LogP contribution in [0.15, 0.2) is 60.7 Å². The second kappa shape index (κ2) is 7.31. The molecule has 2 N–H and O–H groups in total. The van der Waals surface area contributed by atoms with Crippen molar-refractivity contribution in [3.63, 3.8) is 0 Å². The molecule has 0 radical (unpaired) electrons. The number of halogens is 3. The molecule has 0 aromatic heterocycles. The van der Waals surface area contributed by atoms with Gasteiger partial charge in [0.1, 0.15) is 6.04 Å². The number of nitrogens with two attached hydrogens (primary N) is 1. The van der Waals surface area contributed by atoms with Crippen LogP contribution < -0.4 is 16.1 Å². The van der Waals surface area contributed by atoms with Crippen LogP contribution in [0.1, 0.15) is 20.8 Å². The molecule has 0 fully saturated rings.